The number of thiophene rings is 1. The lowest BCUT2D eigenvalue weighted by atomic mass is 9.82. The summed E-state index contributed by atoms with van der Waals surface area (Å²) in [5.74, 6) is 0.280. The lowest BCUT2D eigenvalue weighted by Crippen LogP contribution is -2.46. The van der Waals surface area contributed by atoms with Gasteiger partial charge in [-0.3, -0.25) is 0 Å². The second-order valence-electron chi connectivity index (χ2n) is 6.89. The molecule has 4 heterocycles. The van der Waals surface area contributed by atoms with Gasteiger partial charge in [-0.05, 0) is 24.5 Å². The molecule has 0 unspecified atom stereocenters. The highest BCUT2D eigenvalue weighted by Crippen LogP contribution is 2.44. The average Bonchev–Trinajstić information content (AvgIpc) is 3.22. The Bertz CT molecular complexity index is 774. The molecule has 2 aliphatic heterocycles. The normalized spacial score (nSPS) is 19.9. The Kier molecular flexibility index (Phi) is 4.39. The number of carboxylic acids is 1. The number of aromatic carboxylic acids is 1. The maximum Gasteiger partial charge on any atom is 0.345 e. The van der Waals surface area contributed by atoms with Gasteiger partial charge in [-0.25, -0.2) is 9.78 Å². The van der Waals surface area contributed by atoms with E-state index >= 15 is 0 Å². The fourth-order valence-corrected chi connectivity index (χ4v) is 5.04. The van der Waals surface area contributed by atoms with Crippen molar-refractivity contribution >= 4 is 17.3 Å². The van der Waals surface area contributed by atoms with E-state index in [1.165, 1.54) is 16.2 Å². The summed E-state index contributed by atoms with van der Waals surface area (Å²) in [6, 6.07) is 1.85. The van der Waals surface area contributed by atoms with E-state index in [-0.39, 0.29) is 5.60 Å². The third-order valence-electron chi connectivity index (χ3n) is 5.45. The third kappa shape index (κ3) is 3.12. The first-order valence-corrected chi connectivity index (χ1v) is 9.58. The van der Waals surface area contributed by atoms with Crippen LogP contribution in [0.3, 0.4) is 0 Å². The number of fused-ring (bicyclic) bond motifs is 2. The first kappa shape index (κ1) is 16.8. The summed E-state index contributed by atoms with van der Waals surface area (Å²) >= 11 is 1.42. The Balaban J connectivity index is 1.43. The second-order valence-corrected chi connectivity index (χ2v) is 8.03. The number of likely N-dealkylation sites (tertiary alicyclic amines) is 1. The molecule has 7 heteroatoms. The molecule has 0 saturated carbocycles. The smallest absolute Gasteiger partial charge is 0.345 e. The Hall–Kier alpha value is -1.70. The van der Waals surface area contributed by atoms with Gasteiger partial charge in [0.15, 0.2) is 0 Å². The van der Waals surface area contributed by atoms with Crippen LogP contribution in [-0.4, -0.2) is 51.8 Å². The number of ether oxygens (including phenoxy) is 1. The van der Waals surface area contributed by atoms with Crippen LogP contribution in [0.5, 0.6) is 0 Å². The summed E-state index contributed by atoms with van der Waals surface area (Å²) < 4.78 is 8.28. The Morgan fingerprint density at radius 3 is 2.92 bits per heavy atom. The number of rotatable bonds is 4. The van der Waals surface area contributed by atoms with Crippen molar-refractivity contribution in [2.75, 3.05) is 26.2 Å². The van der Waals surface area contributed by atoms with E-state index in [0.29, 0.717) is 11.5 Å². The molecule has 0 aromatic carbocycles. The van der Waals surface area contributed by atoms with Crippen LogP contribution in [0, 0.1) is 0 Å². The zero-order chi connectivity index (χ0) is 17.4. The lowest BCUT2D eigenvalue weighted by Gasteiger charge is -2.44. The molecule has 2 aromatic rings. The minimum atomic E-state index is -0.831. The van der Waals surface area contributed by atoms with Crippen molar-refractivity contribution < 1.29 is 14.6 Å². The van der Waals surface area contributed by atoms with Crippen molar-refractivity contribution in [3.8, 4) is 0 Å². The average molecular weight is 361 g/mol. The number of aromatic nitrogens is 2. The van der Waals surface area contributed by atoms with Gasteiger partial charge in [0.2, 0.25) is 0 Å². The fraction of sp³-hybridized carbons (Fsp3) is 0.556. The van der Waals surface area contributed by atoms with Crippen LogP contribution in [-0.2, 0) is 30.2 Å². The Morgan fingerprint density at radius 2 is 2.24 bits per heavy atom. The highest BCUT2D eigenvalue weighted by molar-refractivity contribution is 7.14. The van der Waals surface area contributed by atoms with E-state index in [9.17, 15) is 9.90 Å². The largest absolute Gasteiger partial charge is 0.477 e. The first-order valence-electron chi connectivity index (χ1n) is 8.76. The molecule has 1 fully saturated rings. The van der Waals surface area contributed by atoms with Crippen LogP contribution in [0.25, 0.3) is 0 Å². The summed E-state index contributed by atoms with van der Waals surface area (Å²) in [6.07, 6.45) is 7.46. The Labute approximate surface area is 151 Å². The quantitative estimate of drug-likeness (QED) is 0.905. The van der Waals surface area contributed by atoms with E-state index in [1.54, 1.807) is 0 Å². The molecule has 1 spiro atoms. The number of carbonyl (C=O) groups is 1. The number of aryl methyl sites for hydroxylation is 1. The van der Waals surface area contributed by atoms with E-state index < -0.39 is 5.97 Å². The van der Waals surface area contributed by atoms with E-state index in [1.807, 2.05) is 25.5 Å². The molecule has 6 nitrogen and oxygen atoms in total. The standard InChI is InChI=1S/C18H23N3O3S/c1-20-10-6-19-16(20)2-7-21-8-4-18(5-9-21)13-12-15(17(22)23)25-14(13)3-11-24-18/h6,10,12H,2-5,7-9,11H2,1H3,(H,22,23). The van der Waals surface area contributed by atoms with Gasteiger partial charge in [0, 0.05) is 56.8 Å². The highest BCUT2D eigenvalue weighted by Gasteiger charge is 2.42. The zero-order valence-corrected chi connectivity index (χ0v) is 15.2. The molecule has 0 atom stereocenters. The zero-order valence-electron chi connectivity index (χ0n) is 14.4. The van der Waals surface area contributed by atoms with Gasteiger partial charge >= 0.3 is 5.97 Å². The molecule has 2 aromatic heterocycles. The van der Waals surface area contributed by atoms with Gasteiger partial charge < -0.3 is 19.3 Å². The molecule has 25 heavy (non-hydrogen) atoms. The van der Waals surface area contributed by atoms with Crippen molar-refractivity contribution in [1.82, 2.24) is 14.5 Å². The van der Waals surface area contributed by atoms with Gasteiger partial charge in [0.1, 0.15) is 10.7 Å². The highest BCUT2D eigenvalue weighted by atomic mass is 32.1. The minimum absolute atomic E-state index is 0.280. The van der Waals surface area contributed by atoms with Crippen LogP contribution in [0.4, 0.5) is 0 Å². The second kappa shape index (κ2) is 6.55. The van der Waals surface area contributed by atoms with Crippen molar-refractivity contribution in [3.05, 3.63) is 39.6 Å². The molecular weight excluding hydrogens is 338 g/mol. The van der Waals surface area contributed by atoms with Gasteiger partial charge in [-0.1, -0.05) is 0 Å². The van der Waals surface area contributed by atoms with E-state index in [0.717, 1.165) is 56.7 Å². The number of nitrogens with zero attached hydrogens (tertiary/aromatic N) is 3. The van der Waals surface area contributed by atoms with Gasteiger partial charge in [-0.15, -0.1) is 11.3 Å². The van der Waals surface area contributed by atoms with Crippen LogP contribution in [0.2, 0.25) is 0 Å². The molecule has 0 amide bonds. The summed E-state index contributed by atoms with van der Waals surface area (Å²) in [4.78, 5) is 19.8. The molecule has 4 rings (SSSR count). The molecule has 0 radical (unpaired) electrons. The van der Waals surface area contributed by atoms with Crippen LogP contribution >= 0.6 is 11.3 Å². The van der Waals surface area contributed by atoms with Gasteiger partial charge in [0.25, 0.3) is 0 Å². The van der Waals surface area contributed by atoms with Gasteiger partial charge in [0.05, 0.1) is 12.2 Å². The number of hydrogen-bond acceptors (Lipinski definition) is 5. The monoisotopic (exact) mass is 361 g/mol. The molecule has 0 aliphatic carbocycles. The van der Waals surface area contributed by atoms with Crippen LogP contribution in [0.1, 0.15) is 38.8 Å². The number of carboxylic acid groups (broad SMARTS) is 1. The predicted octanol–water partition coefficient (Wildman–Crippen LogP) is 2.29. The topological polar surface area (TPSA) is 67.6 Å². The van der Waals surface area contributed by atoms with E-state index in [4.69, 9.17) is 4.74 Å². The molecule has 0 bridgehead atoms. The fourth-order valence-electron chi connectivity index (χ4n) is 3.97. The maximum atomic E-state index is 11.3. The van der Waals surface area contributed by atoms with Crippen molar-refractivity contribution in [3.63, 3.8) is 0 Å². The molecule has 1 saturated heterocycles. The lowest BCUT2D eigenvalue weighted by molar-refractivity contribution is -0.0969. The SMILES string of the molecule is Cn1ccnc1CCN1CCC2(CC1)OCCc1sc(C(=O)O)cc12. The summed E-state index contributed by atoms with van der Waals surface area (Å²) in [5, 5.41) is 9.30. The van der Waals surface area contributed by atoms with Crippen molar-refractivity contribution in [1.29, 1.82) is 0 Å². The van der Waals surface area contributed by atoms with Gasteiger partial charge in [-0.2, -0.15) is 0 Å². The predicted molar refractivity (Wildman–Crippen MR) is 95.2 cm³/mol. The van der Waals surface area contributed by atoms with E-state index in [2.05, 4.69) is 14.5 Å². The maximum absolute atomic E-state index is 11.3. The molecule has 2 aliphatic rings. The van der Waals surface area contributed by atoms with Crippen LogP contribution < -0.4 is 0 Å². The first-order chi connectivity index (χ1) is 12.1. The number of hydrogen-bond donors (Lipinski definition) is 1. The summed E-state index contributed by atoms with van der Waals surface area (Å²) in [5.41, 5.74) is 0.849. The minimum Gasteiger partial charge on any atom is -0.477 e. The van der Waals surface area contributed by atoms with Crippen molar-refractivity contribution in [2.45, 2.75) is 31.3 Å². The third-order valence-corrected chi connectivity index (χ3v) is 6.64. The molecular formula is C18H23N3O3S. The van der Waals surface area contributed by atoms with Crippen LogP contribution in [0.15, 0.2) is 18.5 Å². The Morgan fingerprint density at radius 1 is 1.44 bits per heavy atom. The molecule has 134 valence electrons. The summed E-state index contributed by atoms with van der Waals surface area (Å²) in [6.45, 7) is 3.64. The molecule has 1 N–H and O–H groups in total. The number of imidazole rings is 1. The summed E-state index contributed by atoms with van der Waals surface area (Å²) in [7, 11) is 2.03. The number of piperidine rings is 1. The van der Waals surface area contributed by atoms with Crippen molar-refractivity contribution in [2.24, 2.45) is 7.05 Å².